The zero-order chi connectivity index (χ0) is 9.80. The average molecular weight is 197 g/mol. The Bertz CT molecular complexity index is 168. The quantitative estimate of drug-likeness (QED) is 0.747. The summed E-state index contributed by atoms with van der Waals surface area (Å²) < 4.78 is 6.03. The highest BCUT2D eigenvalue weighted by Gasteiger charge is 2.26. The Balaban J connectivity index is 1.70. The molecular formula is C12H23NO. The third-order valence-corrected chi connectivity index (χ3v) is 3.84. The zero-order valence-corrected chi connectivity index (χ0v) is 9.30. The fraction of sp³-hybridized carbons (Fsp3) is 1.00. The van der Waals surface area contributed by atoms with E-state index >= 15 is 0 Å². The van der Waals surface area contributed by atoms with Crippen LogP contribution in [0.15, 0.2) is 0 Å². The number of hydrogen-bond donors (Lipinski definition) is 1. The van der Waals surface area contributed by atoms with Crippen LogP contribution in [0.1, 0.15) is 44.9 Å². The van der Waals surface area contributed by atoms with Crippen molar-refractivity contribution in [1.82, 2.24) is 5.32 Å². The molecule has 0 heterocycles. The van der Waals surface area contributed by atoms with Gasteiger partial charge >= 0.3 is 0 Å². The summed E-state index contributed by atoms with van der Waals surface area (Å²) in [5.74, 6) is 0.884. The van der Waals surface area contributed by atoms with Gasteiger partial charge in [0.1, 0.15) is 0 Å². The minimum absolute atomic E-state index is 0.495. The maximum absolute atomic E-state index is 6.03. The molecule has 0 aromatic heterocycles. The van der Waals surface area contributed by atoms with E-state index in [0.29, 0.717) is 12.1 Å². The summed E-state index contributed by atoms with van der Waals surface area (Å²) in [5.41, 5.74) is 0. The summed E-state index contributed by atoms with van der Waals surface area (Å²) >= 11 is 0. The van der Waals surface area contributed by atoms with Crippen LogP contribution < -0.4 is 5.32 Å². The lowest BCUT2D eigenvalue weighted by atomic mass is 9.86. The van der Waals surface area contributed by atoms with Gasteiger partial charge in [0, 0.05) is 12.6 Å². The van der Waals surface area contributed by atoms with Gasteiger partial charge in [-0.3, -0.25) is 0 Å². The third-order valence-electron chi connectivity index (χ3n) is 3.84. The maximum Gasteiger partial charge on any atom is 0.0728 e. The summed E-state index contributed by atoms with van der Waals surface area (Å²) in [7, 11) is 2.07. The molecule has 0 aromatic rings. The molecule has 0 aromatic carbocycles. The molecule has 14 heavy (non-hydrogen) atoms. The van der Waals surface area contributed by atoms with Crippen LogP contribution in [0.25, 0.3) is 0 Å². The van der Waals surface area contributed by atoms with Gasteiger partial charge in [-0.25, -0.2) is 0 Å². The molecule has 0 amide bonds. The summed E-state index contributed by atoms with van der Waals surface area (Å²) in [5, 5.41) is 3.39. The fourth-order valence-electron chi connectivity index (χ4n) is 2.55. The standard InChI is InChI=1S/C12H23NO/c1-13-11-7-2-3-8-12(11)14-9-10-5-4-6-10/h10-13H,2-9H2,1H3. The Morgan fingerprint density at radius 3 is 2.50 bits per heavy atom. The van der Waals surface area contributed by atoms with Crippen LogP contribution in [-0.2, 0) is 4.74 Å². The first-order chi connectivity index (χ1) is 6.90. The summed E-state index contributed by atoms with van der Waals surface area (Å²) in [6.45, 7) is 1.02. The largest absolute Gasteiger partial charge is 0.376 e. The van der Waals surface area contributed by atoms with E-state index in [-0.39, 0.29) is 0 Å². The average Bonchev–Trinajstić information content (AvgIpc) is 2.16. The van der Waals surface area contributed by atoms with E-state index in [9.17, 15) is 0 Å². The Labute approximate surface area is 87.4 Å². The Morgan fingerprint density at radius 2 is 1.86 bits per heavy atom. The van der Waals surface area contributed by atoms with Gasteiger partial charge in [0.2, 0.25) is 0 Å². The molecule has 2 saturated carbocycles. The molecule has 1 N–H and O–H groups in total. The number of ether oxygens (including phenoxy) is 1. The number of hydrogen-bond acceptors (Lipinski definition) is 2. The highest BCUT2D eigenvalue weighted by atomic mass is 16.5. The monoisotopic (exact) mass is 197 g/mol. The van der Waals surface area contributed by atoms with Crippen molar-refractivity contribution in [2.45, 2.75) is 57.1 Å². The molecule has 0 radical (unpaired) electrons. The van der Waals surface area contributed by atoms with E-state index in [1.165, 1.54) is 44.9 Å². The van der Waals surface area contributed by atoms with E-state index < -0.39 is 0 Å². The minimum atomic E-state index is 0.495. The first-order valence-electron chi connectivity index (χ1n) is 6.19. The molecule has 2 fully saturated rings. The highest BCUT2D eigenvalue weighted by Crippen LogP contribution is 2.28. The number of rotatable bonds is 4. The highest BCUT2D eigenvalue weighted by molar-refractivity contribution is 4.81. The van der Waals surface area contributed by atoms with E-state index in [1.807, 2.05) is 0 Å². The SMILES string of the molecule is CNC1CCCCC1OCC1CCC1. The van der Waals surface area contributed by atoms with Crippen molar-refractivity contribution in [3.63, 3.8) is 0 Å². The van der Waals surface area contributed by atoms with Crippen molar-refractivity contribution in [2.75, 3.05) is 13.7 Å². The summed E-state index contributed by atoms with van der Waals surface area (Å²) in [6.07, 6.45) is 10.0. The van der Waals surface area contributed by atoms with E-state index in [0.717, 1.165) is 12.5 Å². The van der Waals surface area contributed by atoms with E-state index in [1.54, 1.807) is 0 Å². The zero-order valence-electron chi connectivity index (χ0n) is 9.30. The van der Waals surface area contributed by atoms with Gasteiger partial charge < -0.3 is 10.1 Å². The molecule has 0 bridgehead atoms. The van der Waals surface area contributed by atoms with Gasteiger partial charge in [-0.05, 0) is 38.6 Å². The van der Waals surface area contributed by atoms with Crippen molar-refractivity contribution in [3.8, 4) is 0 Å². The molecule has 2 atom stereocenters. The Kier molecular flexibility index (Phi) is 3.82. The Morgan fingerprint density at radius 1 is 1.07 bits per heavy atom. The van der Waals surface area contributed by atoms with E-state index in [2.05, 4.69) is 12.4 Å². The lowest BCUT2D eigenvalue weighted by Crippen LogP contribution is -2.42. The van der Waals surface area contributed by atoms with Crippen LogP contribution in [0.3, 0.4) is 0 Å². The minimum Gasteiger partial charge on any atom is -0.376 e. The lowest BCUT2D eigenvalue weighted by molar-refractivity contribution is -0.0236. The molecule has 2 unspecified atom stereocenters. The van der Waals surface area contributed by atoms with Crippen LogP contribution in [0.4, 0.5) is 0 Å². The van der Waals surface area contributed by atoms with Gasteiger partial charge in [0.15, 0.2) is 0 Å². The molecule has 0 spiro atoms. The van der Waals surface area contributed by atoms with Crippen molar-refractivity contribution in [2.24, 2.45) is 5.92 Å². The van der Waals surface area contributed by atoms with Crippen molar-refractivity contribution in [3.05, 3.63) is 0 Å². The fourth-order valence-corrected chi connectivity index (χ4v) is 2.55. The van der Waals surface area contributed by atoms with Crippen LogP contribution >= 0.6 is 0 Å². The molecule has 0 aliphatic heterocycles. The van der Waals surface area contributed by atoms with Gasteiger partial charge in [-0.15, -0.1) is 0 Å². The van der Waals surface area contributed by atoms with Crippen LogP contribution in [0.5, 0.6) is 0 Å². The van der Waals surface area contributed by atoms with Gasteiger partial charge in [-0.1, -0.05) is 19.3 Å². The maximum atomic E-state index is 6.03. The van der Waals surface area contributed by atoms with Gasteiger partial charge in [-0.2, -0.15) is 0 Å². The summed E-state index contributed by atoms with van der Waals surface area (Å²) in [6, 6.07) is 0.615. The van der Waals surface area contributed by atoms with Crippen LogP contribution in [0, 0.1) is 5.92 Å². The number of likely N-dealkylation sites (N-methyl/N-ethyl adjacent to an activating group) is 1. The molecule has 2 rings (SSSR count). The first-order valence-corrected chi connectivity index (χ1v) is 6.19. The predicted molar refractivity (Wildman–Crippen MR) is 58.4 cm³/mol. The lowest BCUT2D eigenvalue weighted by Gasteiger charge is -2.34. The third kappa shape index (κ3) is 2.48. The topological polar surface area (TPSA) is 21.3 Å². The van der Waals surface area contributed by atoms with E-state index in [4.69, 9.17) is 4.74 Å². The first kappa shape index (κ1) is 10.4. The van der Waals surface area contributed by atoms with Gasteiger partial charge in [0.05, 0.1) is 6.10 Å². The molecule has 2 nitrogen and oxygen atoms in total. The molecular weight excluding hydrogens is 174 g/mol. The molecule has 82 valence electrons. The van der Waals surface area contributed by atoms with Gasteiger partial charge in [0.25, 0.3) is 0 Å². The van der Waals surface area contributed by atoms with Crippen molar-refractivity contribution >= 4 is 0 Å². The second kappa shape index (κ2) is 5.13. The van der Waals surface area contributed by atoms with Crippen LogP contribution in [-0.4, -0.2) is 25.8 Å². The normalized spacial score (nSPS) is 34.1. The molecule has 2 aliphatic rings. The second-order valence-electron chi connectivity index (χ2n) is 4.85. The molecule has 2 heteroatoms. The van der Waals surface area contributed by atoms with Crippen molar-refractivity contribution < 1.29 is 4.74 Å². The molecule has 2 aliphatic carbocycles. The Hall–Kier alpha value is -0.0800. The summed E-state index contributed by atoms with van der Waals surface area (Å²) in [4.78, 5) is 0. The smallest absolute Gasteiger partial charge is 0.0728 e. The molecule has 0 saturated heterocycles. The van der Waals surface area contributed by atoms with Crippen molar-refractivity contribution in [1.29, 1.82) is 0 Å². The second-order valence-corrected chi connectivity index (χ2v) is 4.85. The number of nitrogens with one attached hydrogen (secondary N) is 1. The van der Waals surface area contributed by atoms with Crippen LogP contribution in [0.2, 0.25) is 0 Å². The predicted octanol–water partition coefficient (Wildman–Crippen LogP) is 2.33.